The average molecular weight is 301 g/mol. The summed E-state index contributed by atoms with van der Waals surface area (Å²) in [5, 5.41) is 13.7. The SMILES string of the molecule is CCC(NC(=O)Nc1ccccc1Br)C(=O)O. The second kappa shape index (κ2) is 6.24. The molecule has 0 spiro atoms. The zero-order chi connectivity index (χ0) is 12.8. The van der Waals surface area contributed by atoms with Gasteiger partial charge in [-0.2, -0.15) is 0 Å². The summed E-state index contributed by atoms with van der Waals surface area (Å²) in [5.74, 6) is -1.05. The highest BCUT2D eigenvalue weighted by Crippen LogP contribution is 2.20. The molecule has 92 valence electrons. The van der Waals surface area contributed by atoms with E-state index < -0.39 is 18.0 Å². The minimum atomic E-state index is -1.05. The van der Waals surface area contributed by atoms with Crippen LogP contribution in [-0.4, -0.2) is 23.1 Å². The number of amides is 2. The molecule has 0 saturated heterocycles. The molecule has 1 rings (SSSR count). The van der Waals surface area contributed by atoms with E-state index in [2.05, 4.69) is 26.6 Å². The Morgan fingerprint density at radius 3 is 2.59 bits per heavy atom. The molecule has 17 heavy (non-hydrogen) atoms. The smallest absolute Gasteiger partial charge is 0.326 e. The van der Waals surface area contributed by atoms with E-state index in [9.17, 15) is 9.59 Å². The van der Waals surface area contributed by atoms with Crippen molar-refractivity contribution in [3.63, 3.8) is 0 Å². The fraction of sp³-hybridized carbons (Fsp3) is 0.273. The van der Waals surface area contributed by atoms with Crippen LogP contribution in [0.3, 0.4) is 0 Å². The van der Waals surface area contributed by atoms with Gasteiger partial charge in [0.25, 0.3) is 0 Å². The molecule has 0 fully saturated rings. The fourth-order valence-corrected chi connectivity index (χ4v) is 1.60. The number of carbonyl (C=O) groups is 2. The van der Waals surface area contributed by atoms with Crippen LogP contribution in [0.25, 0.3) is 0 Å². The number of hydrogen-bond acceptors (Lipinski definition) is 2. The molecule has 0 aliphatic rings. The van der Waals surface area contributed by atoms with Crippen molar-refractivity contribution < 1.29 is 14.7 Å². The molecule has 1 atom stereocenters. The normalized spacial score (nSPS) is 11.6. The molecule has 0 saturated carbocycles. The van der Waals surface area contributed by atoms with Crippen LogP contribution < -0.4 is 10.6 Å². The third-order valence-electron chi connectivity index (χ3n) is 2.13. The van der Waals surface area contributed by atoms with E-state index in [0.29, 0.717) is 12.1 Å². The molecule has 0 heterocycles. The van der Waals surface area contributed by atoms with Gasteiger partial charge in [-0.15, -0.1) is 0 Å². The van der Waals surface area contributed by atoms with Crippen molar-refractivity contribution in [3.05, 3.63) is 28.7 Å². The van der Waals surface area contributed by atoms with E-state index in [0.717, 1.165) is 4.47 Å². The van der Waals surface area contributed by atoms with Crippen molar-refractivity contribution in [2.75, 3.05) is 5.32 Å². The molecular weight excluding hydrogens is 288 g/mol. The van der Waals surface area contributed by atoms with Crippen LogP contribution >= 0.6 is 15.9 Å². The highest BCUT2D eigenvalue weighted by atomic mass is 79.9. The molecule has 6 heteroatoms. The predicted molar refractivity (Wildman–Crippen MR) is 68.0 cm³/mol. The van der Waals surface area contributed by atoms with E-state index >= 15 is 0 Å². The summed E-state index contributed by atoms with van der Waals surface area (Å²) in [4.78, 5) is 22.3. The minimum Gasteiger partial charge on any atom is -0.480 e. The first-order valence-corrected chi connectivity index (χ1v) is 5.88. The number of rotatable bonds is 4. The molecule has 0 bridgehead atoms. The van der Waals surface area contributed by atoms with Gasteiger partial charge in [0.05, 0.1) is 5.69 Å². The maximum Gasteiger partial charge on any atom is 0.326 e. The van der Waals surface area contributed by atoms with Crippen LogP contribution in [-0.2, 0) is 4.79 Å². The van der Waals surface area contributed by atoms with Crippen molar-refractivity contribution >= 4 is 33.6 Å². The summed E-state index contributed by atoms with van der Waals surface area (Å²) in [6.45, 7) is 1.69. The number of carboxylic acid groups (broad SMARTS) is 1. The molecule has 1 aromatic carbocycles. The second-order valence-corrected chi connectivity index (χ2v) is 4.23. The number of carboxylic acids is 1. The summed E-state index contributed by atoms with van der Waals surface area (Å²) >= 11 is 3.28. The lowest BCUT2D eigenvalue weighted by atomic mass is 10.2. The lowest BCUT2D eigenvalue weighted by molar-refractivity contribution is -0.139. The number of benzene rings is 1. The molecule has 0 aromatic heterocycles. The third-order valence-corrected chi connectivity index (χ3v) is 2.83. The number of urea groups is 1. The summed E-state index contributed by atoms with van der Waals surface area (Å²) in [6, 6.07) is 5.67. The van der Waals surface area contributed by atoms with Crippen LogP contribution in [0, 0.1) is 0 Å². The lowest BCUT2D eigenvalue weighted by Crippen LogP contribution is -2.42. The number of hydrogen-bond donors (Lipinski definition) is 3. The van der Waals surface area contributed by atoms with Gasteiger partial charge in [0, 0.05) is 4.47 Å². The molecule has 3 N–H and O–H groups in total. The van der Waals surface area contributed by atoms with Crippen molar-refractivity contribution in [1.29, 1.82) is 0 Å². The molecule has 0 radical (unpaired) electrons. The average Bonchev–Trinajstić information content (AvgIpc) is 2.28. The molecular formula is C11H13BrN2O3. The second-order valence-electron chi connectivity index (χ2n) is 3.38. The fourth-order valence-electron chi connectivity index (χ4n) is 1.22. The van der Waals surface area contributed by atoms with Gasteiger partial charge >= 0.3 is 12.0 Å². The minimum absolute atomic E-state index is 0.332. The first kappa shape index (κ1) is 13.5. The Morgan fingerprint density at radius 1 is 1.41 bits per heavy atom. The Balaban J connectivity index is 2.61. The van der Waals surface area contributed by atoms with E-state index in [-0.39, 0.29) is 0 Å². The third kappa shape index (κ3) is 4.07. The van der Waals surface area contributed by atoms with Gasteiger partial charge < -0.3 is 15.7 Å². The summed E-state index contributed by atoms with van der Waals surface area (Å²) < 4.78 is 0.735. The van der Waals surface area contributed by atoms with Crippen LogP contribution in [0.2, 0.25) is 0 Å². The molecule has 2 amide bonds. The summed E-state index contributed by atoms with van der Waals surface area (Å²) in [5.41, 5.74) is 0.588. The number of para-hydroxylation sites is 1. The quantitative estimate of drug-likeness (QED) is 0.799. The summed E-state index contributed by atoms with van der Waals surface area (Å²) in [7, 11) is 0. The van der Waals surface area contributed by atoms with E-state index in [1.165, 1.54) is 0 Å². The van der Waals surface area contributed by atoms with Crippen molar-refractivity contribution in [2.24, 2.45) is 0 Å². The van der Waals surface area contributed by atoms with Gasteiger partial charge in [0.2, 0.25) is 0 Å². The monoisotopic (exact) mass is 300 g/mol. The number of halogens is 1. The Labute approximate surface area is 107 Å². The van der Waals surface area contributed by atoms with Gasteiger partial charge in [-0.25, -0.2) is 9.59 Å². The van der Waals surface area contributed by atoms with Crippen LogP contribution in [0.15, 0.2) is 28.7 Å². The van der Waals surface area contributed by atoms with E-state index in [1.54, 1.807) is 25.1 Å². The zero-order valence-corrected chi connectivity index (χ0v) is 10.8. The molecule has 1 unspecified atom stereocenters. The first-order chi connectivity index (χ1) is 8.04. The van der Waals surface area contributed by atoms with Gasteiger partial charge in [-0.3, -0.25) is 0 Å². The highest BCUT2D eigenvalue weighted by molar-refractivity contribution is 9.10. The van der Waals surface area contributed by atoms with Crippen molar-refractivity contribution in [2.45, 2.75) is 19.4 Å². The van der Waals surface area contributed by atoms with Gasteiger partial charge in [0.1, 0.15) is 6.04 Å². The first-order valence-electron chi connectivity index (χ1n) is 5.09. The highest BCUT2D eigenvalue weighted by Gasteiger charge is 2.17. The Kier molecular flexibility index (Phi) is 4.96. The molecule has 0 aliphatic heterocycles. The summed E-state index contributed by atoms with van der Waals surface area (Å²) in [6.07, 6.45) is 0.332. The Morgan fingerprint density at radius 2 is 2.06 bits per heavy atom. The zero-order valence-electron chi connectivity index (χ0n) is 9.24. The number of nitrogens with one attached hydrogen (secondary N) is 2. The van der Waals surface area contributed by atoms with Crippen LogP contribution in [0.4, 0.5) is 10.5 Å². The number of carbonyl (C=O) groups excluding carboxylic acids is 1. The van der Waals surface area contributed by atoms with Crippen LogP contribution in [0.5, 0.6) is 0 Å². The number of aliphatic carboxylic acids is 1. The maximum absolute atomic E-state index is 11.5. The van der Waals surface area contributed by atoms with E-state index in [1.807, 2.05) is 6.07 Å². The Hall–Kier alpha value is -1.56. The topological polar surface area (TPSA) is 78.4 Å². The van der Waals surface area contributed by atoms with Crippen molar-refractivity contribution in [1.82, 2.24) is 5.32 Å². The number of anilines is 1. The van der Waals surface area contributed by atoms with E-state index in [4.69, 9.17) is 5.11 Å². The standard InChI is InChI=1S/C11H13BrN2O3/c1-2-8(10(15)16)13-11(17)14-9-6-4-3-5-7(9)12/h3-6,8H,2H2,1H3,(H,15,16)(H2,13,14,17). The van der Waals surface area contributed by atoms with Gasteiger partial charge in [-0.05, 0) is 34.5 Å². The van der Waals surface area contributed by atoms with Gasteiger partial charge in [-0.1, -0.05) is 19.1 Å². The Bertz CT molecular complexity index is 423. The molecule has 5 nitrogen and oxygen atoms in total. The predicted octanol–water partition coefficient (Wildman–Crippen LogP) is 2.43. The molecule has 0 aliphatic carbocycles. The maximum atomic E-state index is 11.5. The van der Waals surface area contributed by atoms with Gasteiger partial charge in [0.15, 0.2) is 0 Å². The van der Waals surface area contributed by atoms with Crippen molar-refractivity contribution in [3.8, 4) is 0 Å². The molecule has 1 aromatic rings. The largest absolute Gasteiger partial charge is 0.480 e. The van der Waals surface area contributed by atoms with Crippen LogP contribution in [0.1, 0.15) is 13.3 Å². The lowest BCUT2D eigenvalue weighted by Gasteiger charge is -2.13.